The monoisotopic (exact) mass is 506 g/mol. The SMILES string of the molecule is CC[SiH2]C(CCCCSSSSCCCCC(OC)(OC)[SiH2]CC)(OC)OC. The van der Waals surface area contributed by atoms with E-state index in [9.17, 15) is 0 Å². The van der Waals surface area contributed by atoms with Crippen LogP contribution >= 0.6 is 41.2 Å². The highest BCUT2D eigenvalue weighted by Crippen LogP contribution is 2.43. The van der Waals surface area contributed by atoms with Crippen LogP contribution in [0.25, 0.3) is 0 Å². The maximum absolute atomic E-state index is 5.67. The Balaban J connectivity index is 3.60. The Hall–Kier alpha value is 1.67. The molecule has 0 saturated heterocycles. The highest BCUT2D eigenvalue weighted by atomic mass is 33.7. The van der Waals surface area contributed by atoms with Gasteiger partial charge in [-0.15, -0.1) is 0 Å². The van der Waals surface area contributed by atoms with Crippen LogP contribution in [0.5, 0.6) is 0 Å². The molecule has 28 heavy (non-hydrogen) atoms. The lowest BCUT2D eigenvalue weighted by Crippen LogP contribution is -2.40. The first-order valence-corrected chi connectivity index (χ1v) is 18.9. The van der Waals surface area contributed by atoms with E-state index in [-0.39, 0.29) is 29.9 Å². The van der Waals surface area contributed by atoms with Crippen LogP contribution in [0, 0.1) is 0 Å². The van der Waals surface area contributed by atoms with E-state index >= 15 is 0 Å². The summed E-state index contributed by atoms with van der Waals surface area (Å²) in [4.78, 5) is 0. The summed E-state index contributed by atoms with van der Waals surface area (Å²) in [6, 6.07) is 2.44. The van der Waals surface area contributed by atoms with Gasteiger partial charge in [-0.05, 0) is 58.2 Å². The zero-order chi connectivity index (χ0) is 21.1. The number of rotatable bonds is 21. The number of unbranched alkanes of at least 4 members (excludes halogenated alkanes) is 2. The highest BCUT2D eigenvalue weighted by Gasteiger charge is 2.28. The average molecular weight is 507 g/mol. The van der Waals surface area contributed by atoms with Gasteiger partial charge < -0.3 is 18.9 Å². The number of hydrogen-bond acceptors (Lipinski definition) is 8. The molecular weight excluding hydrogens is 465 g/mol. The van der Waals surface area contributed by atoms with Crippen LogP contribution in [0.15, 0.2) is 0 Å². The topological polar surface area (TPSA) is 36.9 Å². The minimum absolute atomic E-state index is 0.236. The van der Waals surface area contributed by atoms with Crippen LogP contribution in [-0.2, 0) is 18.9 Å². The Morgan fingerprint density at radius 3 is 1.25 bits per heavy atom. The molecule has 10 heteroatoms. The van der Waals surface area contributed by atoms with Crippen LogP contribution in [0.4, 0.5) is 0 Å². The van der Waals surface area contributed by atoms with Crippen molar-refractivity contribution >= 4 is 60.3 Å². The van der Waals surface area contributed by atoms with Crippen LogP contribution in [0.1, 0.15) is 52.4 Å². The van der Waals surface area contributed by atoms with Gasteiger partial charge in [-0.1, -0.05) is 47.5 Å². The third kappa shape index (κ3) is 13.2. The second-order valence-corrected chi connectivity index (χ2v) is 18.2. The van der Waals surface area contributed by atoms with Gasteiger partial charge in [0.25, 0.3) is 0 Å². The Labute approximate surface area is 193 Å². The first-order valence-electron chi connectivity index (χ1n) is 10.4. The fraction of sp³-hybridized carbons (Fsp3) is 1.00. The molecule has 0 spiro atoms. The second kappa shape index (κ2) is 19.4. The van der Waals surface area contributed by atoms with Gasteiger partial charge in [0.05, 0.1) is 19.0 Å². The van der Waals surface area contributed by atoms with E-state index in [4.69, 9.17) is 18.9 Å². The van der Waals surface area contributed by atoms with E-state index in [1.54, 1.807) is 28.4 Å². The fourth-order valence-electron chi connectivity index (χ4n) is 3.21. The van der Waals surface area contributed by atoms with E-state index in [0.717, 1.165) is 12.8 Å². The molecule has 0 unspecified atom stereocenters. The largest absolute Gasteiger partial charge is 0.358 e. The second-order valence-electron chi connectivity index (χ2n) is 6.83. The van der Waals surface area contributed by atoms with Gasteiger partial charge in [0.2, 0.25) is 0 Å². The summed E-state index contributed by atoms with van der Waals surface area (Å²) < 4.78 is 22.7. The lowest BCUT2D eigenvalue weighted by atomic mass is 10.2. The zero-order valence-electron chi connectivity index (χ0n) is 18.8. The summed E-state index contributed by atoms with van der Waals surface area (Å²) in [6.07, 6.45) is 6.90. The van der Waals surface area contributed by atoms with Crippen molar-refractivity contribution < 1.29 is 18.9 Å². The van der Waals surface area contributed by atoms with Gasteiger partial charge in [-0.25, -0.2) is 0 Å². The molecule has 170 valence electrons. The normalized spacial score (nSPS) is 13.5. The van der Waals surface area contributed by atoms with E-state index in [1.807, 2.05) is 41.2 Å². The van der Waals surface area contributed by atoms with Crippen molar-refractivity contribution in [3.05, 3.63) is 0 Å². The standard InChI is InChI=1S/C18H42O4S4Si2/c1-7-27-17(19-3,20-4)13-9-11-15-23-25-26-24-16-12-10-14-18(21-5,22-6)28-8-2/h7-16,27-28H2,1-6H3. The highest BCUT2D eigenvalue weighted by molar-refractivity contribution is 9.26. The Kier molecular flexibility index (Phi) is 20.5. The molecule has 0 rings (SSSR count). The van der Waals surface area contributed by atoms with Crippen LogP contribution in [0.2, 0.25) is 12.1 Å². The summed E-state index contributed by atoms with van der Waals surface area (Å²) in [7, 11) is 14.3. The smallest absolute Gasteiger partial charge is 0.144 e. The Morgan fingerprint density at radius 2 is 0.964 bits per heavy atom. The van der Waals surface area contributed by atoms with Crippen molar-refractivity contribution in [2.45, 2.75) is 75.3 Å². The molecule has 0 amide bonds. The molecule has 0 radical (unpaired) electrons. The van der Waals surface area contributed by atoms with Gasteiger partial charge in [-0.3, -0.25) is 0 Å². The number of ether oxygens (including phenoxy) is 4. The van der Waals surface area contributed by atoms with E-state index < -0.39 is 0 Å². The summed E-state index contributed by atoms with van der Waals surface area (Å²) in [5.74, 6) is 2.39. The molecule has 0 aliphatic rings. The van der Waals surface area contributed by atoms with Gasteiger partial charge in [0.1, 0.15) is 10.8 Å². The minimum atomic E-state index is -0.322. The molecule has 0 aromatic heterocycles. The van der Waals surface area contributed by atoms with Crippen LogP contribution in [-0.4, -0.2) is 69.8 Å². The van der Waals surface area contributed by atoms with Crippen molar-refractivity contribution in [3.63, 3.8) is 0 Å². The number of methoxy groups -OCH3 is 4. The molecule has 0 atom stereocenters. The summed E-state index contributed by atoms with van der Waals surface area (Å²) >= 11 is 0. The van der Waals surface area contributed by atoms with Gasteiger partial charge in [0.15, 0.2) is 0 Å². The lowest BCUT2D eigenvalue weighted by Gasteiger charge is -2.30. The predicted octanol–water partition coefficient (Wildman–Crippen LogP) is 5.11. The van der Waals surface area contributed by atoms with Crippen molar-refractivity contribution in [2.75, 3.05) is 39.9 Å². The maximum Gasteiger partial charge on any atom is 0.144 e. The third-order valence-corrected chi connectivity index (χ3v) is 16.0. The third-order valence-electron chi connectivity index (χ3n) is 4.94. The molecule has 0 aromatic carbocycles. The molecule has 0 heterocycles. The van der Waals surface area contributed by atoms with Gasteiger partial charge >= 0.3 is 0 Å². The lowest BCUT2D eigenvalue weighted by molar-refractivity contribution is -0.149. The quantitative estimate of drug-likeness (QED) is 0.0920. The van der Waals surface area contributed by atoms with Crippen molar-refractivity contribution in [1.29, 1.82) is 0 Å². The first kappa shape index (κ1) is 29.7. The number of hydrogen-bond donors (Lipinski definition) is 0. The fourth-order valence-corrected chi connectivity index (χ4v) is 12.8. The maximum atomic E-state index is 5.67. The van der Waals surface area contributed by atoms with Crippen LogP contribution < -0.4 is 0 Å². The van der Waals surface area contributed by atoms with Crippen molar-refractivity contribution in [1.82, 2.24) is 0 Å². The molecule has 0 N–H and O–H groups in total. The Morgan fingerprint density at radius 1 is 0.607 bits per heavy atom. The average Bonchev–Trinajstić information content (AvgIpc) is 2.73. The zero-order valence-corrected chi connectivity index (χ0v) is 24.8. The first-order chi connectivity index (χ1) is 13.6. The van der Waals surface area contributed by atoms with Gasteiger partial charge in [-0.2, -0.15) is 0 Å². The molecule has 0 aliphatic heterocycles. The molecule has 0 aliphatic carbocycles. The molecular formula is C18H42O4S4Si2. The van der Waals surface area contributed by atoms with Crippen molar-refractivity contribution in [3.8, 4) is 0 Å². The van der Waals surface area contributed by atoms with E-state index in [2.05, 4.69) is 13.8 Å². The molecule has 0 bridgehead atoms. The van der Waals surface area contributed by atoms with E-state index in [1.165, 1.54) is 49.3 Å². The summed E-state index contributed by atoms with van der Waals surface area (Å²) in [5, 5.41) is 0. The molecule has 0 aromatic rings. The van der Waals surface area contributed by atoms with Gasteiger partial charge in [0, 0.05) is 39.9 Å². The van der Waals surface area contributed by atoms with Crippen molar-refractivity contribution in [2.24, 2.45) is 0 Å². The Bertz CT molecular complexity index is 318. The molecule has 0 saturated carbocycles. The van der Waals surface area contributed by atoms with Crippen LogP contribution in [0.3, 0.4) is 0 Å². The molecule has 0 fully saturated rings. The minimum Gasteiger partial charge on any atom is -0.358 e. The summed E-state index contributed by atoms with van der Waals surface area (Å²) in [6.45, 7) is 4.47. The predicted molar refractivity (Wildman–Crippen MR) is 139 cm³/mol. The summed E-state index contributed by atoms with van der Waals surface area (Å²) in [5.41, 5.74) is -0.472. The molecule has 4 nitrogen and oxygen atoms in total. The van der Waals surface area contributed by atoms with E-state index in [0.29, 0.717) is 0 Å².